The summed E-state index contributed by atoms with van der Waals surface area (Å²) in [5.74, 6) is -0.604. The lowest BCUT2D eigenvalue weighted by molar-refractivity contribution is 0.0694. The number of primary sulfonamides is 1. The van der Waals surface area contributed by atoms with Gasteiger partial charge >= 0.3 is 5.97 Å². The molecule has 0 aromatic heterocycles. The maximum atomic E-state index is 11.1. The van der Waals surface area contributed by atoms with Crippen molar-refractivity contribution in [3.8, 4) is 11.5 Å². The maximum Gasteiger partial charge on any atom is 0.339 e. The van der Waals surface area contributed by atoms with Crippen LogP contribution >= 0.6 is 0 Å². The molecule has 0 heterocycles. The van der Waals surface area contributed by atoms with Gasteiger partial charge < -0.3 is 9.84 Å². The van der Waals surface area contributed by atoms with Crippen molar-refractivity contribution in [1.82, 2.24) is 0 Å². The molecule has 2 aromatic rings. The van der Waals surface area contributed by atoms with Crippen LogP contribution in [0.5, 0.6) is 11.5 Å². The number of aromatic carboxylic acids is 1. The van der Waals surface area contributed by atoms with Crippen molar-refractivity contribution >= 4 is 16.0 Å². The van der Waals surface area contributed by atoms with E-state index in [1.54, 1.807) is 12.1 Å². The van der Waals surface area contributed by atoms with Gasteiger partial charge in [-0.05, 0) is 48.9 Å². The third-order valence-corrected chi connectivity index (χ3v) is 3.68. The molecule has 110 valence electrons. The van der Waals surface area contributed by atoms with Gasteiger partial charge in [-0.3, -0.25) is 0 Å². The summed E-state index contributed by atoms with van der Waals surface area (Å²) in [6.45, 7) is 1.81. The average molecular weight is 307 g/mol. The van der Waals surface area contributed by atoms with Gasteiger partial charge in [-0.2, -0.15) is 0 Å². The lowest BCUT2D eigenvalue weighted by Crippen LogP contribution is -2.11. The van der Waals surface area contributed by atoms with E-state index in [0.29, 0.717) is 5.75 Å². The minimum absolute atomic E-state index is 0.0242. The summed E-state index contributed by atoms with van der Waals surface area (Å²) in [5, 5.41) is 14.1. The van der Waals surface area contributed by atoms with Gasteiger partial charge in [0.05, 0.1) is 4.90 Å². The van der Waals surface area contributed by atoms with E-state index in [0.717, 1.165) is 5.56 Å². The second-order valence-electron chi connectivity index (χ2n) is 4.42. The molecular formula is C14H13NO5S. The Labute approximate surface area is 121 Å². The largest absolute Gasteiger partial charge is 0.478 e. The molecule has 0 atom stereocenters. The molecule has 0 saturated carbocycles. The highest BCUT2D eigenvalue weighted by atomic mass is 32.2. The molecule has 0 unspecified atom stereocenters. The van der Waals surface area contributed by atoms with E-state index >= 15 is 0 Å². The summed E-state index contributed by atoms with van der Waals surface area (Å²) in [5.41, 5.74) is 0.868. The summed E-state index contributed by atoms with van der Waals surface area (Å²) in [4.78, 5) is 11.1. The second-order valence-corrected chi connectivity index (χ2v) is 5.98. The quantitative estimate of drug-likeness (QED) is 0.899. The molecule has 0 radical (unpaired) electrons. The van der Waals surface area contributed by atoms with Crippen molar-refractivity contribution in [2.45, 2.75) is 11.8 Å². The van der Waals surface area contributed by atoms with E-state index < -0.39 is 16.0 Å². The fraction of sp³-hybridized carbons (Fsp3) is 0.0714. The highest BCUT2D eigenvalue weighted by Gasteiger charge is 2.13. The van der Waals surface area contributed by atoms with Gasteiger partial charge in [0.1, 0.15) is 17.1 Å². The topological polar surface area (TPSA) is 107 Å². The molecule has 21 heavy (non-hydrogen) atoms. The van der Waals surface area contributed by atoms with Crippen molar-refractivity contribution in [2.75, 3.05) is 0 Å². The molecule has 0 amide bonds. The van der Waals surface area contributed by atoms with Crippen molar-refractivity contribution in [3.63, 3.8) is 0 Å². The SMILES string of the molecule is Cc1ccc(C(=O)O)c(Oc2ccc(S(N)(=O)=O)cc2)c1. The molecule has 0 saturated heterocycles. The number of benzene rings is 2. The Morgan fingerprint density at radius 1 is 1.14 bits per heavy atom. The smallest absolute Gasteiger partial charge is 0.339 e. The Kier molecular flexibility index (Phi) is 3.97. The lowest BCUT2D eigenvalue weighted by atomic mass is 10.1. The molecule has 0 aliphatic heterocycles. The van der Waals surface area contributed by atoms with Crippen molar-refractivity contribution < 1.29 is 23.1 Å². The molecule has 0 fully saturated rings. The number of hydrogen-bond donors (Lipinski definition) is 2. The zero-order valence-corrected chi connectivity index (χ0v) is 11.9. The fourth-order valence-electron chi connectivity index (χ4n) is 1.72. The van der Waals surface area contributed by atoms with E-state index in [-0.39, 0.29) is 16.2 Å². The van der Waals surface area contributed by atoms with Crippen molar-refractivity contribution in [2.24, 2.45) is 5.14 Å². The van der Waals surface area contributed by atoms with E-state index in [4.69, 9.17) is 15.0 Å². The van der Waals surface area contributed by atoms with Gasteiger partial charge in [0.2, 0.25) is 10.0 Å². The number of hydrogen-bond acceptors (Lipinski definition) is 4. The molecule has 0 bridgehead atoms. The highest BCUT2D eigenvalue weighted by molar-refractivity contribution is 7.89. The minimum atomic E-state index is -3.77. The highest BCUT2D eigenvalue weighted by Crippen LogP contribution is 2.27. The Bertz CT molecular complexity index is 782. The van der Waals surface area contributed by atoms with Crippen LogP contribution in [0.3, 0.4) is 0 Å². The average Bonchev–Trinajstić information content (AvgIpc) is 2.38. The summed E-state index contributed by atoms with van der Waals surface area (Å²) >= 11 is 0. The summed E-state index contributed by atoms with van der Waals surface area (Å²) in [6.07, 6.45) is 0. The Morgan fingerprint density at radius 3 is 2.29 bits per heavy atom. The monoisotopic (exact) mass is 307 g/mol. The van der Waals surface area contributed by atoms with Crippen LogP contribution in [-0.2, 0) is 10.0 Å². The van der Waals surface area contributed by atoms with Crippen LogP contribution in [0.2, 0.25) is 0 Å². The number of carboxylic acid groups (broad SMARTS) is 1. The zero-order valence-electron chi connectivity index (χ0n) is 11.1. The summed E-state index contributed by atoms with van der Waals surface area (Å²) in [7, 11) is -3.77. The number of carbonyl (C=O) groups is 1. The first-order valence-corrected chi connectivity index (χ1v) is 7.46. The Hall–Kier alpha value is -2.38. The molecule has 0 aliphatic rings. The normalized spacial score (nSPS) is 11.1. The third-order valence-electron chi connectivity index (χ3n) is 2.75. The molecule has 3 N–H and O–H groups in total. The standard InChI is InChI=1S/C14H13NO5S/c1-9-2-7-12(14(16)17)13(8-9)20-10-3-5-11(6-4-10)21(15,18)19/h2-8H,1H3,(H,16,17)(H2,15,18,19). The molecule has 6 nitrogen and oxygen atoms in total. The third kappa shape index (κ3) is 3.59. The van der Waals surface area contributed by atoms with Crippen LogP contribution in [0.4, 0.5) is 0 Å². The predicted octanol–water partition coefficient (Wildman–Crippen LogP) is 2.13. The maximum absolute atomic E-state index is 11.1. The number of nitrogens with two attached hydrogens (primary N) is 1. The molecule has 2 aromatic carbocycles. The number of carboxylic acids is 1. The van der Waals surface area contributed by atoms with Gasteiger partial charge in [0.25, 0.3) is 0 Å². The Balaban J connectivity index is 2.34. The number of ether oxygens (including phenoxy) is 1. The van der Waals surface area contributed by atoms with Crippen LogP contribution < -0.4 is 9.88 Å². The number of rotatable bonds is 4. The molecular weight excluding hydrogens is 294 g/mol. The Morgan fingerprint density at radius 2 is 1.76 bits per heavy atom. The fourth-order valence-corrected chi connectivity index (χ4v) is 2.23. The molecule has 0 aliphatic carbocycles. The second kappa shape index (κ2) is 5.55. The zero-order chi connectivity index (χ0) is 15.6. The van der Waals surface area contributed by atoms with Crippen LogP contribution in [0.25, 0.3) is 0 Å². The van der Waals surface area contributed by atoms with Crippen molar-refractivity contribution in [3.05, 3.63) is 53.6 Å². The van der Waals surface area contributed by atoms with E-state index in [1.807, 2.05) is 6.92 Å². The first-order valence-electron chi connectivity index (χ1n) is 5.92. The molecule has 0 spiro atoms. The summed E-state index contributed by atoms with van der Waals surface area (Å²) < 4.78 is 27.8. The van der Waals surface area contributed by atoms with Gasteiger partial charge in [-0.25, -0.2) is 18.4 Å². The van der Waals surface area contributed by atoms with Crippen LogP contribution in [0.15, 0.2) is 47.4 Å². The van der Waals surface area contributed by atoms with Gasteiger partial charge in [-0.1, -0.05) is 6.07 Å². The van der Waals surface area contributed by atoms with Crippen LogP contribution in [-0.4, -0.2) is 19.5 Å². The van der Waals surface area contributed by atoms with Gasteiger partial charge in [0.15, 0.2) is 0 Å². The van der Waals surface area contributed by atoms with Gasteiger partial charge in [0, 0.05) is 0 Å². The first-order chi connectivity index (χ1) is 9.77. The lowest BCUT2D eigenvalue weighted by Gasteiger charge is -2.10. The number of aryl methyl sites for hydroxylation is 1. The van der Waals surface area contributed by atoms with E-state index in [9.17, 15) is 13.2 Å². The molecule has 2 rings (SSSR count). The first kappa shape index (κ1) is 15.0. The molecule has 7 heteroatoms. The minimum Gasteiger partial charge on any atom is -0.478 e. The van der Waals surface area contributed by atoms with Crippen molar-refractivity contribution in [1.29, 1.82) is 0 Å². The number of sulfonamides is 1. The van der Waals surface area contributed by atoms with E-state index in [2.05, 4.69) is 0 Å². The summed E-state index contributed by atoms with van der Waals surface area (Å²) in [6, 6.07) is 10.1. The van der Waals surface area contributed by atoms with E-state index in [1.165, 1.54) is 30.3 Å². The van der Waals surface area contributed by atoms with Crippen LogP contribution in [0.1, 0.15) is 15.9 Å². The predicted molar refractivity (Wildman–Crippen MR) is 76.0 cm³/mol. The van der Waals surface area contributed by atoms with Crippen LogP contribution in [0, 0.1) is 6.92 Å². The van der Waals surface area contributed by atoms with Gasteiger partial charge in [-0.15, -0.1) is 0 Å².